The highest BCUT2D eigenvalue weighted by molar-refractivity contribution is 7.00. The number of aromatic nitrogens is 1. The van der Waals surface area contributed by atoms with E-state index in [1.165, 1.54) is 116 Å². The van der Waals surface area contributed by atoms with Crippen LogP contribution in [0.4, 0.5) is 34.1 Å². The Kier molecular flexibility index (Phi) is 8.45. The van der Waals surface area contributed by atoms with Gasteiger partial charge in [0.25, 0.3) is 6.71 Å². The molecule has 0 unspecified atom stereocenters. The van der Waals surface area contributed by atoms with Gasteiger partial charge in [-0.3, -0.25) is 0 Å². The Bertz CT molecular complexity index is 4160. The van der Waals surface area contributed by atoms with E-state index in [0.29, 0.717) is 0 Å². The fourth-order valence-corrected chi connectivity index (χ4v) is 12.1. The van der Waals surface area contributed by atoms with Crippen molar-refractivity contribution >= 4 is 111 Å². The van der Waals surface area contributed by atoms with Crippen molar-refractivity contribution in [1.82, 2.24) is 4.57 Å². The Balaban J connectivity index is 1.02. The molecular formula is C66H42BN3. The molecule has 0 amide bonds. The smallest absolute Gasteiger partial charge is 0.252 e. The van der Waals surface area contributed by atoms with Gasteiger partial charge in [0.05, 0.1) is 11.0 Å². The SMILES string of the molecule is c1ccc(-c2ccc(N3c4ccc(-c5ccccc5)cc4B4c5ccc(-n6c7ccccc7c7ccccc76)cc5N(c5ccc6c7ccccc7c7ccccc7c6c5)c5cccc3c54)cc2)cc1. The number of hydrogen-bond donors (Lipinski definition) is 0. The molecule has 0 N–H and O–H groups in total. The van der Waals surface area contributed by atoms with E-state index in [-0.39, 0.29) is 6.71 Å². The highest BCUT2D eigenvalue weighted by Gasteiger charge is 2.43. The number of nitrogens with zero attached hydrogens (tertiary/aromatic N) is 3. The molecule has 0 saturated heterocycles. The average molecular weight is 888 g/mol. The topological polar surface area (TPSA) is 11.4 Å². The first kappa shape index (κ1) is 38.9. The van der Waals surface area contributed by atoms with Crippen LogP contribution in [0.1, 0.15) is 0 Å². The van der Waals surface area contributed by atoms with E-state index >= 15 is 0 Å². The number of rotatable bonds is 5. The van der Waals surface area contributed by atoms with Gasteiger partial charge in [-0.1, -0.05) is 188 Å². The second kappa shape index (κ2) is 15.2. The quantitative estimate of drug-likeness (QED) is 0.126. The van der Waals surface area contributed by atoms with E-state index in [1.807, 2.05) is 0 Å². The molecule has 2 aliphatic heterocycles. The Morgan fingerprint density at radius 2 is 0.714 bits per heavy atom. The molecule has 3 nitrogen and oxygen atoms in total. The number of para-hydroxylation sites is 2. The third-order valence-corrected chi connectivity index (χ3v) is 15.1. The Morgan fingerprint density at radius 1 is 0.243 bits per heavy atom. The average Bonchev–Trinajstić information content (AvgIpc) is 3.77. The predicted octanol–water partition coefficient (Wildman–Crippen LogP) is 15.7. The van der Waals surface area contributed by atoms with Crippen LogP contribution in [-0.2, 0) is 0 Å². The number of benzene rings is 12. The largest absolute Gasteiger partial charge is 0.311 e. The van der Waals surface area contributed by atoms with Gasteiger partial charge >= 0.3 is 0 Å². The van der Waals surface area contributed by atoms with Crippen LogP contribution < -0.4 is 26.2 Å². The van der Waals surface area contributed by atoms with Gasteiger partial charge < -0.3 is 14.4 Å². The van der Waals surface area contributed by atoms with Gasteiger partial charge in [0, 0.05) is 50.6 Å². The van der Waals surface area contributed by atoms with Gasteiger partial charge in [0.1, 0.15) is 0 Å². The van der Waals surface area contributed by atoms with Crippen LogP contribution in [0.2, 0.25) is 0 Å². The van der Waals surface area contributed by atoms with E-state index in [9.17, 15) is 0 Å². The zero-order valence-electron chi connectivity index (χ0n) is 38.2. The maximum atomic E-state index is 2.56. The zero-order valence-corrected chi connectivity index (χ0v) is 38.2. The lowest BCUT2D eigenvalue weighted by Crippen LogP contribution is -2.61. The summed E-state index contributed by atoms with van der Waals surface area (Å²) in [5.41, 5.74) is 19.2. The molecule has 4 heteroatoms. The summed E-state index contributed by atoms with van der Waals surface area (Å²) in [5, 5.41) is 10.1. The minimum atomic E-state index is -0.0478. The third kappa shape index (κ3) is 5.71. The molecule has 0 saturated carbocycles. The first-order valence-electron chi connectivity index (χ1n) is 24.3. The molecule has 15 rings (SSSR count). The van der Waals surface area contributed by atoms with Gasteiger partial charge in [0.2, 0.25) is 0 Å². The summed E-state index contributed by atoms with van der Waals surface area (Å²) in [6, 6.07) is 94.6. The van der Waals surface area contributed by atoms with Gasteiger partial charge in [-0.05, 0) is 138 Å². The molecule has 3 heterocycles. The number of hydrogen-bond acceptors (Lipinski definition) is 2. The molecule has 0 aliphatic carbocycles. The second-order valence-electron chi connectivity index (χ2n) is 18.8. The first-order chi connectivity index (χ1) is 34.7. The van der Waals surface area contributed by atoms with Crippen molar-refractivity contribution < 1.29 is 0 Å². The van der Waals surface area contributed by atoms with Crippen molar-refractivity contribution in [2.75, 3.05) is 9.80 Å². The van der Waals surface area contributed by atoms with Crippen LogP contribution in [0.3, 0.4) is 0 Å². The number of anilines is 6. The van der Waals surface area contributed by atoms with Gasteiger partial charge in [0.15, 0.2) is 0 Å². The normalized spacial score (nSPS) is 12.8. The maximum Gasteiger partial charge on any atom is 0.252 e. The van der Waals surface area contributed by atoms with E-state index in [0.717, 1.165) is 17.1 Å². The highest BCUT2D eigenvalue weighted by Crippen LogP contribution is 2.47. The van der Waals surface area contributed by atoms with Crippen molar-refractivity contribution in [3.63, 3.8) is 0 Å². The van der Waals surface area contributed by atoms with Gasteiger partial charge in [-0.2, -0.15) is 0 Å². The molecule has 0 spiro atoms. The highest BCUT2D eigenvalue weighted by atomic mass is 15.2. The number of fused-ring (bicyclic) bond motifs is 13. The fraction of sp³-hybridized carbons (Fsp3) is 0. The predicted molar refractivity (Wildman–Crippen MR) is 298 cm³/mol. The van der Waals surface area contributed by atoms with E-state index in [4.69, 9.17) is 0 Å². The molecule has 13 aromatic rings. The van der Waals surface area contributed by atoms with Crippen molar-refractivity contribution in [1.29, 1.82) is 0 Å². The molecule has 0 bridgehead atoms. The zero-order chi connectivity index (χ0) is 45.9. The van der Waals surface area contributed by atoms with E-state index in [1.54, 1.807) is 0 Å². The van der Waals surface area contributed by atoms with Crippen LogP contribution in [0.15, 0.2) is 255 Å². The summed E-state index contributed by atoms with van der Waals surface area (Å²) in [7, 11) is 0. The summed E-state index contributed by atoms with van der Waals surface area (Å²) in [5.74, 6) is 0. The van der Waals surface area contributed by atoms with E-state index < -0.39 is 0 Å². The molecule has 70 heavy (non-hydrogen) atoms. The van der Waals surface area contributed by atoms with Crippen LogP contribution in [0.5, 0.6) is 0 Å². The summed E-state index contributed by atoms with van der Waals surface area (Å²) in [6.07, 6.45) is 0. The van der Waals surface area contributed by atoms with Gasteiger partial charge in [-0.25, -0.2) is 0 Å². The van der Waals surface area contributed by atoms with Crippen molar-refractivity contribution in [2.45, 2.75) is 0 Å². The molecular weight excluding hydrogens is 846 g/mol. The lowest BCUT2D eigenvalue weighted by molar-refractivity contribution is 1.17. The van der Waals surface area contributed by atoms with Crippen molar-refractivity contribution in [3.8, 4) is 27.9 Å². The van der Waals surface area contributed by atoms with Crippen LogP contribution in [0, 0.1) is 0 Å². The van der Waals surface area contributed by atoms with Crippen LogP contribution in [0.25, 0.3) is 82.1 Å². The summed E-state index contributed by atoms with van der Waals surface area (Å²) >= 11 is 0. The van der Waals surface area contributed by atoms with Crippen LogP contribution >= 0.6 is 0 Å². The minimum Gasteiger partial charge on any atom is -0.311 e. The molecule has 0 atom stereocenters. The Labute approximate surface area is 406 Å². The molecule has 0 radical (unpaired) electrons. The molecule has 1 aromatic heterocycles. The second-order valence-corrected chi connectivity index (χ2v) is 18.8. The lowest BCUT2D eigenvalue weighted by atomic mass is 9.33. The van der Waals surface area contributed by atoms with Crippen LogP contribution in [-0.4, -0.2) is 11.3 Å². The van der Waals surface area contributed by atoms with Crippen molar-refractivity contribution in [2.24, 2.45) is 0 Å². The van der Waals surface area contributed by atoms with Crippen molar-refractivity contribution in [3.05, 3.63) is 255 Å². The Morgan fingerprint density at radius 3 is 1.34 bits per heavy atom. The summed E-state index contributed by atoms with van der Waals surface area (Å²) in [4.78, 5) is 5.07. The third-order valence-electron chi connectivity index (χ3n) is 15.1. The molecule has 2 aliphatic rings. The molecule has 324 valence electrons. The summed E-state index contributed by atoms with van der Waals surface area (Å²) < 4.78 is 2.46. The molecule has 12 aromatic carbocycles. The first-order valence-corrected chi connectivity index (χ1v) is 24.3. The summed E-state index contributed by atoms with van der Waals surface area (Å²) in [6.45, 7) is -0.0478. The maximum absolute atomic E-state index is 2.56. The standard InChI is InChI=1S/C66H42BN3/c1-3-16-43(17-4-1)45-30-33-47(34-31-45)68-62-39-32-46(44-18-5-2-6-19-44)40-59(62)67-58-38-36-49(69-60-26-13-11-24-55(60)56-25-12-14-27-61(56)69)42-65(58)70(64-29-15-28-63(68)66(64)67)48-35-37-54-52-22-8-7-20-50(52)51-21-9-10-23-53(51)57(54)41-48/h1-42H. The van der Waals surface area contributed by atoms with E-state index in [2.05, 4.69) is 269 Å². The Hall–Kier alpha value is -9.12. The molecule has 0 fully saturated rings. The minimum absolute atomic E-state index is 0.0478. The fourth-order valence-electron chi connectivity index (χ4n) is 12.1. The lowest BCUT2D eigenvalue weighted by Gasteiger charge is -2.44. The van der Waals surface area contributed by atoms with Gasteiger partial charge in [-0.15, -0.1) is 0 Å². The monoisotopic (exact) mass is 887 g/mol.